The second-order valence-electron chi connectivity index (χ2n) is 3.37. The highest BCUT2D eigenvalue weighted by atomic mass is 16.5. The highest BCUT2D eigenvalue weighted by molar-refractivity contribution is 5.90. The molecular weight excluding hydrogens is 198 g/mol. The number of esters is 1. The van der Waals surface area contributed by atoms with Gasteiger partial charge in [-0.2, -0.15) is 0 Å². The molecule has 15 heavy (non-hydrogen) atoms. The third kappa shape index (κ3) is 5.85. The third-order valence-electron chi connectivity index (χ3n) is 2.20. The van der Waals surface area contributed by atoms with E-state index in [1.807, 2.05) is 0 Å². The fraction of sp³-hybridized carbons (Fsp3) is 0.600. The van der Waals surface area contributed by atoms with Gasteiger partial charge in [-0.15, -0.1) is 0 Å². The number of ether oxygens (including phenoxy) is 1. The fourth-order valence-corrected chi connectivity index (χ4v) is 1.53. The number of carbonyl (C=O) groups excluding carboxylic acids is 1. The molecule has 0 heterocycles. The Kier molecular flexibility index (Phi) is 6.37. The average molecular weight is 215 g/mol. The van der Waals surface area contributed by atoms with E-state index in [-0.39, 0.29) is 12.3 Å². The molecule has 1 aliphatic rings. The van der Waals surface area contributed by atoms with Crippen molar-refractivity contribution in [1.29, 1.82) is 0 Å². The average Bonchev–Trinajstić information content (AvgIpc) is 2.16. The van der Waals surface area contributed by atoms with Crippen molar-refractivity contribution < 1.29 is 19.4 Å². The molecule has 0 unspecified atom stereocenters. The molecule has 1 fully saturated rings. The lowest BCUT2D eigenvalue weighted by Gasteiger charge is -2.20. The summed E-state index contributed by atoms with van der Waals surface area (Å²) in [5.41, 5.74) is 0. The second kappa shape index (κ2) is 7.00. The maximum absolute atomic E-state index is 11.0. The normalized spacial score (nSPS) is 17.1. The van der Waals surface area contributed by atoms with Gasteiger partial charge in [0.05, 0.1) is 0 Å². The Morgan fingerprint density at radius 1 is 1.13 bits per heavy atom. The Morgan fingerprint density at radius 3 is 2.27 bits per heavy atom. The summed E-state index contributed by atoms with van der Waals surface area (Å²) in [5, 5.41) is 8.27. The summed E-state index contributed by atoms with van der Waals surface area (Å²) < 4.78 is 5.05. The van der Waals surface area contributed by atoms with E-state index in [2.05, 4.69) is 0 Å². The number of hydrogen-bond acceptors (Lipinski definition) is 4. The third-order valence-corrected chi connectivity index (χ3v) is 2.20. The van der Waals surface area contributed by atoms with Gasteiger partial charge in [-0.25, -0.2) is 9.59 Å². The Bertz CT molecular complexity index is 244. The monoisotopic (exact) mass is 215 g/mol. The minimum Gasteiger partial charge on any atom is -0.478 e. The van der Waals surface area contributed by atoms with Gasteiger partial charge >= 0.3 is 11.9 Å². The summed E-state index contributed by atoms with van der Waals surface area (Å²) in [4.78, 5) is 21.1. The van der Waals surface area contributed by atoms with Crippen molar-refractivity contribution in [2.24, 2.45) is 0 Å². The van der Waals surface area contributed by atoms with Crippen LogP contribution in [0.2, 0.25) is 0 Å². The van der Waals surface area contributed by atoms with E-state index >= 15 is 0 Å². The Hall–Kier alpha value is -1.36. The number of carboxylic acids is 1. The van der Waals surface area contributed by atoms with Crippen molar-refractivity contribution in [1.82, 2.24) is 6.15 Å². The quantitative estimate of drug-likeness (QED) is 0.551. The summed E-state index contributed by atoms with van der Waals surface area (Å²) >= 11 is 0. The molecule has 1 aliphatic carbocycles. The van der Waals surface area contributed by atoms with Crippen molar-refractivity contribution in [2.45, 2.75) is 38.2 Å². The van der Waals surface area contributed by atoms with Gasteiger partial charge in [0.1, 0.15) is 6.10 Å². The lowest BCUT2D eigenvalue weighted by Crippen LogP contribution is -2.19. The van der Waals surface area contributed by atoms with Crippen LogP contribution in [0, 0.1) is 0 Å². The lowest BCUT2D eigenvalue weighted by atomic mass is 9.98. The summed E-state index contributed by atoms with van der Waals surface area (Å²) in [6.07, 6.45) is 6.89. The number of hydrogen-bond donors (Lipinski definition) is 2. The van der Waals surface area contributed by atoms with Crippen LogP contribution in [0.25, 0.3) is 0 Å². The molecule has 5 nitrogen and oxygen atoms in total. The standard InChI is InChI=1S/C10H14O4.H3N/c11-9(12)6-7-10(13)14-8-4-2-1-3-5-8;/h6-8H,1-5H2,(H,11,12);1H3/b7-6-;. The predicted molar refractivity (Wildman–Crippen MR) is 54.8 cm³/mol. The van der Waals surface area contributed by atoms with Crippen LogP contribution in [0.1, 0.15) is 32.1 Å². The molecule has 1 rings (SSSR count). The van der Waals surface area contributed by atoms with E-state index in [1.54, 1.807) is 0 Å². The van der Waals surface area contributed by atoms with Crippen molar-refractivity contribution in [2.75, 3.05) is 0 Å². The zero-order valence-corrected chi connectivity index (χ0v) is 8.65. The second-order valence-corrected chi connectivity index (χ2v) is 3.37. The van der Waals surface area contributed by atoms with E-state index in [0.29, 0.717) is 0 Å². The molecule has 5 heteroatoms. The molecule has 0 aromatic carbocycles. The SMILES string of the molecule is N.O=C(O)/C=C\C(=O)OC1CCCCC1. The molecule has 0 atom stereocenters. The van der Waals surface area contributed by atoms with Crippen molar-refractivity contribution >= 4 is 11.9 Å². The predicted octanol–water partition coefficient (Wildman–Crippen LogP) is 1.67. The molecule has 0 bridgehead atoms. The maximum atomic E-state index is 11.0. The minimum absolute atomic E-state index is 0. The molecule has 0 aromatic heterocycles. The Balaban J connectivity index is 0.00000196. The highest BCUT2D eigenvalue weighted by Crippen LogP contribution is 2.20. The number of rotatable bonds is 3. The van der Waals surface area contributed by atoms with Crippen molar-refractivity contribution in [3.63, 3.8) is 0 Å². The fourth-order valence-electron chi connectivity index (χ4n) is 1.53. The minimum atomic E-state index is -1.13. The first kappa shape index (κ1) is 13.6. The summed E-state index contributed by atoms with van der Waals surface area (Å²) in [6.45, 7) is 0. The first-order chi connectivity index (χ1) is 6.68. The van der Waals surface area contributed by atoms with E-state index in [9.17, 15) is 9.59 Å². The van der Waals surface area contributed by atoms with Gasteiger partial charge in [0.2, 0.25) is 0 Å². The summed E-state index contributed by atoms with van der Waals surface area (Å²) in [7, 11) is 0. The maximum Gasteiger partial charge on any atom is 0.331 e. The van der Waals surface area contributed by atoms with Gasteiger partial charge in [0.25, 0.3) is 0 Å². The van der Waals surface area contributed by atoms with Gasteiger partial charge in [0.15, 0.2) is 0 Å². The summed E-state index contributed by atoms with van der Waals surface area (Å²) in [5.74, 6) is -1.69. The van der Waals surface area contributed by atoms with Crippen LogP contribution in [0.3, 0.4) is 0 Å². The van der Waals surface area contributed by atoms with Crippen LogP contribution in [0.15, 0.2) is 12.2 Å². The zero-order valence-electron chi connectivity index (χ0n) is 8.65. The van der Waals surface area contributed by atoms with E-state index < -0.39 is 11.9 Å². The molecule has 1 saturated carbocycles. The van der Waals surface area contributed by atoms with E-state index in [0.717, 1.165) is 37.8 Å². The van der Waals surface area contributed by atoms with Crippen molar-refractivity contribution in [3.05, 3.63) is 12.2 Å². The Morgan fingerprint density at radius 2 is 1.73 bits per heavy atom. The number of carbonyl (C=O) groups is 2. The molecular formula is C10H17NO4. The van der Waals surface area contributed by atoms with Crippen LogP contribution in [-0.4, -0.2) is 23.1 Å². The van der Waals surface area contributed by atoms with Gasteiger partial charge in [-0.05, 0) is 25.7 Å². The van der Waals surface area contributed by atoms with Crippen LogP contribution in [-0.2, 0) is 14.3 Å². The summed E-state index contributed by atoms with van der Waals surface area (Å²) in [6, 6.07) is 0. The largest absolute Gasteiger partial charge is 0.478 e. The Labute approximate surface area is 88.7 Å². The van der Waals surface area contributed by atoms with Crippen LogP contribution in [0.5, 0.6) is 0 Å². The van der Waals surface area contributed by atoms with Gasteiger partial charge in [0, 0.05) is 12.2 Å². The zero-order chi connectivity index (χ0) is 10.4. The molecule has 4 N–H and O–H groups in total. The molecule has 0 radical (unpaired) electrons. The smallest absolute Gasteiger partial charge is 0.331 e. The molecule has 0 aromatic rings. The first-order valence-electron chi connectivity index (χ1n) is 4.80. The highest BCUT2D eigenvalue weighted by Gasteiger charge is 2.16. The molecule has 0 aliphatic heterocycles. The van der Waals surface area contributed by atoms with Crippen LogP contribution < -0.4 is 6.15 Å². The van der Waals surface area contributed by atoms with Crippen LogP contribution in [0.4, 0.5) is 0 Å². The first-order valence-corrected chi connectivity index (χ1v) is 4.80. The molecule has 0 amide bonds. The lowest BCUT2D eigenvalue weighted by molar-refractivity contribution is -0.144. The van der Waals surface area contributed by atoms with Crippen molar-refractivity contribution in [3.8, 4) is 0 Å². The molecule has 0 spiro atoms. The van der Waals surface area contributed by atoms with Gasteiger partial charge in [-0.1, -0.05) is 6.42 Å². The molecule has 86 valence electrons. The van der Waals surface area contributed by atoms with Gasteiger partial charge in [-0.3, -0.25) is 0 Å². The van der Waals surface area contributed by atoms with Gasteiger partial charge < -0.3 is 16.0 Å². The van der Waals surface area contributed by atoms with E-state index in [4.69, 9.17) is 9.84 Å². The topological polar surface area (TPSA) is 98.6 Å². The van der Waals surface area contributed by atoms with Crippen LogP contribution >= 0.6 is 0 Å². The molecule has 0 saturated heterocycles. The number of aliphatic carboxylic acids is 1. The number of carboxylic acid groups (broad SMARTS) is 1. The van der Waals surface area contributed by atoms with E-state index in [1.165, 1.54) is 6.42 Å².